The highest BCUT2D eigenvalue weighted by molar-refractivity contribution is 8.00. The zero-order valence-electron chi connectivity index (χ0n) is 5.81. The van der Waals surface area contributed by atoms with E-state index in [4.69, 9.17) is 5.11 Å². The topological polar surface area (TPSA) is 66.4 Å². The third kappa shape index (κ3) is 4.15. The molecule has 0 aromatic rings. The number of hydrogen-bond acceptors (Lipinski definition) is 4. The van der Waals surface area contributed by atoms with E-state index in [9.17, 15) is 9.59 Å². The Balaban J connectivity index is 3.85. The van der Waals surface area contributed by atoms with Gasteiger partial charge in [-0.15, -0.1) is 0 Å². The van der Waals surface area contributed by atoms with Crippen molar-refractivity contribution in [1.82, 2.24) is 5.32 Å². The van der Waals surface area contributed by atoms with Gasteiger partial charge in [-0.05, 0) is 6.92 Å². The van der Waals surface area contributed by atoms with Gasteiger partial charge < -0.3 is 10.4 Å². The van der Waals surface area contributed by atoms with Gasteiger partial charge in [0.05, 0.1) is 0 Å². The maximum Gasteiger partial charge on any atom is 0.325 e. The molecule has 0 aliphatic heterocycles. The van der Waals surface area contributed by atoms with Crippen LogP contribution < -0.4 is 5.32 Å². The van der Waals surface area contributed by atoms with Gasteiger partial charge in [0, 0.05) is 0 Å². The summed E-state index contributed by atoms with van der Waals surface area (Å²) in [6.45, 7) is 1.37. The first kappa shape index (κ1) is 10.6. The Labute approximate surface area is 75.2 Å². The van der Waals surface area contributed by atoms with Gasteiger partial charge in [0.1, 0.15) is 10.6 Å². The highest BCUT2D eigenvalue weighted by atomic mass is 32.2. The van der Waals surface area contributed by atoms with Crippen molar-refractivity contribution < 1.29 is 14.7 Å². The molecule has 0 saturated carbocycles. The molecular formula is C5H9NO3S2. The van der Waals surface area contributed by atoms with E-state index in [0.717, 1.165) is 0 Å². The average Bonchev–Trinajstić information content (AvgIpc) is 1.87. The molecule has 0 rings (SSSR count). The predicted octanol–water partition coefficient (Wildman–Crippen LogP) is -0.239. The third-order valence-electron chi connectivity index (χ3n) is 0.964. The number of carboxylic acid groups (broad SMARTS) is 1. The second kappa shape index (κ2) is 4.50. The fourth-order valence-corrected chi connectivity index (χ4v) is 0.499. The molecule has 0 saturated heterocycles. The predicted molar refractivity (Wildman–Crippen MR) is 47.0 cm³/mol. The highest BCUT2D eigenvalue weighted by Crippen LogP contribution is 1.99. The largest absolute Gasteiger partial charge is 0.480 e. The normalized spacial score (nSPS) is 12.7. The molecule has 0 aliphatic carbocycles. The van der Waals surface area contributed by atoms with Crippen molar-refractivity contribution in [1.29, 1.82) is 0 Å². The lowest BCUT2D eigenvalue weighted by Gasteiger charge is -2.09. The first-order valence-electron chi connectivity index (χ1n) is 2.84. The Morgan fingerprint density at radius 1 is 1.45 bits per heavy atom. The van der Waals surface area contributed by atoms with Gasteiger partial charge in [0.2, 0.25) is 5.91 Å². The van der Waals surface area contributed by atoms with Crippen LogP contribution in [0.15, 0.2) is 0 Å². The van der Waals surface area contributed by atoms with Gasteiger partial charge in [-0.1, -0.05) is 0 Å². The van der Waals surface area contributed by atoms with Crippen LogP contribution in [-0.2, 0) is 9.59 Å². The average molecular weight is 195 g/mol. The van der Waals surface area contributed by atoms with E-state index >= 15 is 0 Å². The molecule has 0 aliphatic rings. The quantitative estimate of drug-likeness (QED) is 0.371. The van der Waals surface area contributed by atoms with E-state index in [1.807, 2.05) is 0 Å². The number of nitrogens with one attached hydrogen (secondary N) is 1. The first-order valence-corrected chi connectivity index (χ1v) is 3.87. The minimum Gasteiger partial charge on any atom is -0.480 e. The summed E-state index contributed by atoms with van der Waals surface area (Å²) in [6, 6.07) is -0.899. The Kier molecular flexibility index (Phi) is 4.36. The third-order valence-corrected chi connectivity index (χ3v) is 1.43. The van der Waals surface area contributed by atoms with E-state index in [-0.39, 0.29) is 0 Å². The van der Waals surface area contributed by atoms with E-state index in [2.05, 4.69) is 30.6 Å². The molecule has 1 atom stereocenters. The Morgan fingerprint density at radius 2 is 1.91 bits per heavy atom. The SMILES string of the molecule is CC(NC(=O)C(S)S)C(=O)O. The molecule has 0 heterocycles. The van der Waals surface area contributed by atoms with Crippen LogP contribution in [0.25, 0.3) is 0 Å². The van der Waals surface area contributed by atoms with Gasteiger partial charge in [-0.2, -0.15) is 25.3 Å². The van der Waals surface area contributed by atoms with Gasteiger partial charge in [-0.25, -0.2) is 0 Å². The summed E-state index contributed by atoms with van der Waals surface area (Å²) in [6.07, 6.45) is 0. The summed E-state index contributed by atoms with van der Waals surface area (Å²) < 4.78 is -0.781. The molecule has 0 aromatic heterocycles. The lowest BCUT2D eigenvalue weighted by atomic mass is 10.3. The monoisotopic (exact) mass is 195 g/mol. The van der Waals surface area contributed by atoms with E-state index < -0.39 is 22.5 Å². The van der Waals surface area contributed by atoms with Gasteiger partial charge >= 0.3 is 5.97 Å². The van der Waals surface area contributed by atoms with Crippen molar-refractivity contribution in [2.45, 2.75) is 17.5 Å². The molecule has 2 N–H and O–H groups in total. The van der Waals surface area contributed by atoms with Gasteiger partial charge in [0.25, 0.3) is 0 Å². The molecule has 6 heteroatoms. The number of rotatable bonds is 3. The van der Waals surface area contributed by atoms with Crippen molar-refractivity contribution in [3.05, 3.63) is 0 Å². The Bertz CT molecular complexity index is 171. The highest BCUT2D eigenvalue weighted by Gasteiger charge is 2.16. The van der Waals surface area contributed by atoms with E-state index in [1.165, 1.54) is 6.92 Å². The molecular weight excluding hydrogens is 186 g/mol. The van der Waals surface area contributed by atoms with Crippen molar-refractivity contribution in [3.63, 3.8) is 0 Å². The summed E-state index contributed by atoms with van der Waals surface area (Å²) in [4.78, 5) is 20.9. The smallest absolute Gasteiger partial charge is 0.325 e. The van der Waals surface area contributed by atoms with Crippen molar-refractivity contribution >= 4 is 37.1 Å². The van der Waals surface area contributed by atoms with Crippen LogP contribution in [0.2, 0.25) is 0 Å². The van der Waals surface area contributed by atoms with Crippen LogP contribution in [0.1, 0.15) is 6.92 Å². The lowest BCUT2D eigenvalue weighted by Crippen LogP contribution is -2.40. The zero-order valence-corrected chi connectivity index (χ0v) is 7.60. The standard InChI is InChI=1S/C5H9NO3S2/c1-2(4(8)9)6-3(7)5(10)11/h2,5,10-11H,1H3,(H,6,7)(H,8,9). The molecule has 1 amide bonds. The number of carbonyl (C=O) groups is 2. The number of amides is 1. The molecule has 4 nitrogen and oxygen atoms in total. The van der Waals surface area contributed by atoms with Crippen LogP contribution in [0.4, 0.5) is 0 Å². The molecule has 0 spiro atoms. The molecule has 11 heavy (non-hydrogen) atoms. The second-order valence-electron chi connectivity index (χ2n) is 1.94. The van der Waals surface area contributed by atoms with Crippen LogP contribution >= 0.6 is 25.3 Å². The Hall–Kier alpha value is -0.360. The molecule has 64 valence electrons. The van der Waals surface area contributed by atoms with Gasteiger partial charge in [0.15, 0.2) is 0 Å². The van der Waals surface area contributed by atoms with Crippen LogP contribution in [0.5, 0.6) is 0 Å². The van der Waals surface area contributed by atoms with Crippen molar-refractivity contribution in [3.8, 4) is 0 Å². The maximum absolute atomic E-state index is 10.7. The number of carbonyl (C=O) groups excluding carboxylic acids is 1. The van der Waals surface area contributed by atoms with E-state index in [0.29, 0.717) is 0 Å². The van der Waals surface area contributed by atoms with E-state index in [1.54, 1.807) is 0 Å². The first-order chi connectivity index (χ1) is 4.95. The summed E-state index contributed by atoms with van der Waals surface area (Å²) in [7, 11) is 0. The summed E-state index contributed by atoms with van der Waals surface area (Å²) in [5.41, 5.74) is 0. The lowest BCUT2D eigenvalue weighted by molar-refractivity contribution is -0.141. The molecule has 0 aromatic carbocycles. The summed E-state index contributed by atoms with van der Waals surface area (Å²) in [5, 5.41) is 10.5. The summed E-state index contributed by atoms with van der Waals surface area (Å²) >= 11 is 7.39. The van der Waals surface area contributed by atoms with Crippen molar-refractivity contribution in [2.75, 3.05) is 0 Å². The number of thiol groups is 2. The molecule has 0 bridgehead atoms. The van der Waals surface area contributed by atoms with Crippen LogP contribution in [0, 0.1) is 0 Å². The minimum atomic E-state index is -1.08. The zero-order chi connectivity index (χ0) is 9.02. The fourth-order valence-electron chi connectivity index (χ4n) is 0.350. The molecule has 1 unspecified atom stereocenters. The van der Waals surface area contributed by atoms with Gasteiger partial charge in [-0.3, -0.25) is 9.59 Å². The fraction of sp³-hybridized carbons (Fsp3) is 0.600. The minimum absolute atomic E-state index is 0.508. The molecule has 0 fully saturated rings. The number of aliphatic carboxylic acids is 1. The Morgan fingerprint density at radius 3 is 2.18 bits per heavy atom. The number of carboxylic acids is 1. The van der Waals surface area contributed by atoms with Crippen molar-refractivity contribution in [2.24, 2.45) is 0 Å². The second-order valence-corrected chi connectivity index (χ2v) is 3.38. The summed E-state index contributed by atoms with van der Waals surface area (Å²) in [5.74, 6) is -1.59. The maximum atomic E-state index is 10.7. The van der Waals surface area contributed by atoms with Crippen LogP contribution in [0.3, 0.4) is 0 Å². The van der Waals surface area contributed by atoms with Crippen LogP contribution in [-0.4, -0.2) is 27.6 Å². The number of hydrogen-bond donors (Lipinski definition) is 4. The molecule has 0 radical (unpaired) electrons.